The minimum atomic E-state index is -3.25. The van der Waals surface area contributed by atoms with Crippen LogP contribution in [0.4, 0.5) is 17.5 Å². The summed E-state index contributed by atoms with van der Waals surface area (Å²) in [5.41, 5.74) is 8.83. The zero-order chi connectivity index (χ0) is 24.1. The fourth-order valence-electron chi connectivity index (χ4n) is 3.79. The largest absolute Gasteiger partial charge is 0.462 e. The molecule has 0 unspecified atom stereocenters. The van der Waals surface area contributed by atoms with Crippen LogP contribution in [0.1, 0.15) is 34.8 Å². The minimum Gasteiger partial charge on any atom is -0.462 e. The van der Waals surface area contributed by atoms with Crippen molar-refractivity contribution < 1.29 is 27.5 Å². The van der Waals surface area contributed by atoms with Crippen LogP contribution < -0.4 is 20.6 Å². The molecule has 10 heteroatoms. The Morgan fingerprint density at radius 1 is 1.21 bits per heavy atom. The maximum Gasteiger partial charge on any atom is 0.388 e. The lowest BCUT2D eigenvalue weighted by molar-refractivity contribution is -0.870. The highest BCUT2D eigenvalue weighted by Gasteiger charge is 2.27. The number of anilines is 3. The van der Waals surface area contributed by atoms with E-state index in [2.05, 4.69) is 10.3 Å². The van der Waals surface area contributed by atoms with E-state index in [4.69, 9.17) is 15.3 Å². The van der Waals surface area contributed by atoms with Gasteiger partial charge < -0.3 is 15.3 Å². The van der Waals surface area contributed by atoms with E-state index < -0.39 is 15.8 Å². The number of benzene rings is 2. The summed E-state index contributed by atoms with van der Waals surface area (Å²) >= 11 is 0. The van der Waals surface area contributed by atoms with Crippen molar-refractivity contribution in [2.45, 2.75) is 31.1 Å². The van der Waals surface area contributed by atoms with Crippen LogP contribution in [0, 0.1) is 0 Å². The van der Waals surface area contributed by atoms with Gasteiger partial charge in [0.05, 0.1) is 22.9 Å². The Hall–Kier alpha value is -3.66. The van der Waals surface area contributed by atoms with E-state index in [1.807, 2.05) is 30.3 Å². The number of nitrogens with one attached hydrogen (secondary N) is 1. The molecule has 0 aliphatic carbocycles. The van der Waals surface area contributed by atoms with Crippen LogP contribution in [-0.4, -0.2) is 38.3 Å². The summed E-state index contributed by atoms with van der Waals surface area (Å²) in [6, 6.07) is 14.9. The molecule has 1 aromatic heterocycles. The van der Waals surface area contributed by atoms with Crippen LogP contribution in [0.15, 0.2) is 59.6 Å². The number of sulfone groups is 1. The number of rotatable bonds is 8. The lowest BCUT2D eigenvalue weighted by Gasteiger charge is -2.17. The van der Waals surface area contributed by atoms with Gasteiger partial charge in [0, 0.05) is 6.42 Å². The first kappa shape index (κ1) is 23.5. The van der Waals surface area contributed by atoms with E-state index in [-0.39, 0.29) is 36.3 Å². The van der Waals surface area contributed by atoms with Crippen molar-refractivity contribution in [1.82, 2.24) is 4.98 Å². The van der Waals surface area contributed by atoms with Gasteiger partial charge in [0.15, 0.2) is 15.4 Å². The second-order valence-electron chi connectivity index (χ2n) is 7.83. The number of aryl methyl sites for hydroxylation is 1. The van der Waals surface area contributed by atoms with Crippen LogP contribution in [0.2, 0.25) is 0 Å². The average molecular weight is 484 g/mol. The lowest BCUT2D eigenvalue weighted by Crippen LogP contribution is -2.49. The molecule has 0 bridgehead atoms. The molecule has 0 fully saturated rings. The third-order valence-electron chi connectivity index (χ3n) is 5.46. The molecule has 0 spiro atoms. The molecule has 0 radical (unpaired) electrons. The van der Waals surface area contributed by atoms with E-state index in [9.17, 15) is 13.2 Å². The number of nitrogens with zero attached hydrogens (tertiary/aromatic N) is 2. The third-order valence-corrected chi connectivity index (χ3v) is 7.36. The molecule has 3 N–H and O–H groups in total. The predicted molar refractivity (Wildman–Crippen MR) is 126 cm³/mol. The second kappa shape index (κ2) is 10.1. The van der Waals surface area contributed by atoms with Gasteiger partial charge in [-0.05, 0) is 53.8 Å². The number of hydrogen-bond donors (Lipinski definition) is 2. The molecule has 178 valence electrons. The molecule has 0 saturated heterocycles. The quantitative estimate of drug-likeness (QED) is 0.369. The van der Waals surface area contributed by atoms with Gasteiger partial charge in [0.25, 0.3) is 0 Å². The maximum atomic E-state index is 12.3. The van der Waals surface area contributed by atoms with Crippen molar-refractivity contribution >= 4 is 33.3 Å². The SMILES string of the molecule is CCOC(=O)c1cnc(Nc2ccc3c(c2)CCCS3(=O)=O)[n+](OCCc2ccccc2)c1N. The number of hydrogen-bond acceptors (Lipinski definition) is 8. The van der Waals surface area contributed by atoms with Gasteiger partial charge in [-0.15, -0.1) is 4.98 Å². The summed E-state index contributed by atoms with van der Waals surface area (Å²) in [6.07, 6.45) is 3.21. The number of carbonyl (C=O) groups excluding carboxylic acids is 1. The fraction of sp³-hybridized carbons (Fsp3) is 0.292. The molecule has 4 rings (SSSR count). The summed E-state index contributed by atoms with van der Waals surface area (Å²) < 4.78 is 31.0. The maximum absolute atomic E-state index is 12.3. The van der Waals surface area contributed by atoms with Crippen LogP contribution in [0.5, 0.6) is 0 Å². The Bertz CT molecular complexity index is 1300. The summed E-state index contributed by atoms with van der Waals surface area (Å²) in [4.78, 5) is 22.9. The number of nitrogen functional groups attached to an aromatic ring is 1. The summed E-state index contributed by atoms with van der Waals surface area (Å²) in [7, 11) is -3.25. The Balaban J connectivity index is 1.63. The van der Waals surface area contributed by atoms with Crippen molar-refractivity contribution in [3.63, 3.8) is 0 Å². The average Bonchev–Trinajstić information content (AvgIpc) is 2.81. The first-order chi connectivity index (χ1) is 16.4. The zero-order valence-electron chi connectivity index (χ0n) is 18.9. The molecule has 2 aromatic carbocycles. The van der Waals surface area contributed by atoms with Crippen LogP contribution in [0.3, 0.4) is 0 Å². The molecular weight excluding hydrogens is 456 g/mol. The molecule has 3 aromatic rings. The Labute approximate surface area is 198 Å². The van der Waals surface area contributed by atoms with Gasteiger partial charge >= 0.3 is 11.9 Å². The number of esters is 1. The molecule has 0 atom stereocenters. The fourth-order valence-corrected chi connectivity index (χ4v) is 5.37. The zero-order valence-corrected chi connectivity index (χ0v) is 19.7. The van der Waals surface area contributed by atoms with Gasteiger partial charge in [-0.2, -0.15) is 0 Å². The van der Waals surface area contributed by atoms with Crippen LogP contribution >= 0.6 is 0 Å². The number of ether oxygens (including phenoxy) is 1. The number of fused-ring (bicyclic) bond motifs is 1. The van der Waals surface area contributed by atoms with Crippen molar-refractivity contribution in [2.75, 3.05) is 30.0 Å². The van der Waals surface area contributed by atoms with Gasteiger partial charge in [0.1, 0.15) is 12.8 Å². The number of carbonyl (C=O) groups is 1. The van der Waals surface area contributed by atoms with E-state index in [0.717, 1.165) is 11.1 Å². The van der Waals surface area contributed by atoms with Crippen molar-refractivity contribution in [3.05, 3.63) is 71.4 Å². The summed E-state index contributed by atoms with van der Waals surface area (Å²) in [5, 5.41) is 3.14. The lowest BCUT2D eigenvalue weighted by atomic mass is 10.1. The molecular formula is C24H27N4O5S+. The van der Waals surface area contributed by atoms with E-state index in [0.29, 0.717) is 29.8 Å². The van der Waals surface area contributed by atoms with Crippen molar-refractivity contribution in [1.29, 1.82) is 0 Å². The van der Waals surface area contributed by atoms with Crippen LogP contribution in [0.25, 0.3) is 0 Å². The first-order valence-electron chi connectivity index (χ1n) is 11.1. The van der Waals surface area contributed by atoms with E-state index >= 15 is 0 Å². The standard InChI is InChI=1S/C24H26N4O5S/c1-2-32-23(29)20-16-26-24(28(22(20)25)33-13-12-17-7-4-3-5-8-17)27-19-10-11-21-18(15-19)9-6-14-34(21,30)31/h3-5,7-8,10-11,15-16H,2,6,9,12-14H2,1H3,(H2,25,26,27,29)/p+1. The topological polar surface area (TPSA) is 124 Å². The van der Waals surface area contributed by atoms with E-state index in [1.165, 1.54) is 10.9 Å². The van der Waals surface area contributed by atoms with Crippen molar-refractivity contribution in [3.8, 4) is 0 Å². The Morgan fingerprint density at radius 2 is 2.00 bits per heavy atom. The van der Waals surface area contributed by atoms with E-state index in [1.54, 1.807) is 25.1 Å². The minimum absolute atomic E-state index is 0.0459. The molecule has 0 saturated carbocycles. The third kappa shape index (κ3) is 5.12. The summed E-state index contributed by atoms with van der Waals surface area (Å²) in [6.45, 7) is 2.19. The smallest absolute Gasteiger partial charge is 0.388 e. The second-order valence-corrected chi connectivity index (χ2v) is 9.91. The number of nitrogens with two attached hydrogens (primary N) is 1. The van der Waals surface area contributed by atoms with Crippen LogP contribution in [-0.2, 0) is 27.4 Å². The Kier molecular flexibility index (Phi) is 6.97. The van der Waals surface area contributed by atoms with Gasteiger partial charge in [-0.25, -0.2) is 13.2 Å². The van der Waals surface area contributed by atoms with Gasteiger partial charge in [0.2, 0.25) is 5.82 Å². The first-order valence-corrected chi connectivity index (χ1v) is 12.7. The highest BCUT2D eigenvalue weighted by Crippen LogP contribution is 2.28. The summed E-state index contributed by atoms with van der Waals surface area (Å²) in [5.74, 6) is -0.143. The van der Waals surface area contributed by atoms with Gasteiger partial charge in [-0.3, -0.25) is 5.32 Å². The molecule has 0 amide bonds. The predicted octanol–water partition coefficient (Wildman–Crippen LogP) is 2.26. The Morgan fingerprint density at radius 3 is 2.76 bits per heavy atom. The molecule has 1 aliphatic heterocycles. The highest BCUT2D eigenvalue weighted by molar-refractivity contribution is 7.91. The molecule has 2 heterocycles. The number of aromatic nitrogens is 2. The molecule has 9 nitrogen and oxygen atoms in total. The normalized spacial score (nSPS) is 14.1. The molecule has 34 heavy (non-hydrogen) atoms. The molecule has 1 aliphatic rings. The van der Waals surface area contributed by atoms with Gasteiger partial charge in [-0.1, -0.05) is 30.3 Å². The van der Waals surface area contributed by atoms with Crippen molar-refractivity contribution in [2.24, 2.45) is 0 Å². The monoisotopic (exact) mass is 483 g/mol. The highest BCUT2D eigenvalue weighted by atomic mass is 32.2.